The zero-order chi connectivity index (χ0) is 13.2. The predicted octanol–water partition coefficient (Wildman–Crippen LogP) is 4.56. The van der Waals surface area contributed by atoms with E-state index in [-0.39, 0.29) is 5.97 Å². The minimum Gasteiger partial charge on any atom is -0.466 e. The van der Waals surface area contributed by atoms with Crippen LogP contribution in [0.25, 0.3) is 0 Å². The van der Waals surface area contributed by atoms with Crippen LogP contribution >= 0.6 is 23.4 Å². The quantitative estimate of drug-likeness (QED) is 0.398. The Morgan fingerprint density at radius 2 is 2.17 bits per heavy atom. The first-order valence-electron chi connectivity index (χ1n) is 6.26. The van der Waals surface area contributed by atoms with Crippen LogP contribution in [0.4, 0.5) is 0 Å². The van der Waals surface area contributed by atoms with Gasteiger partial charge in [-0.2, -0.15) is 0 Å². The lowest BCUT2D eigenvalue weighted by Crippen LogP contribution is -2.03. The van der Waals surface area contributed by atoms with Crippen molar-refractivity contribution in [1.82, 2.24) is 0 Å². The lowest BCUT2D eigenvalue weighted by Gasteiger charge is -2.03. The lowest BCUT2D eigenvalue weighted by molar-refractivity contribution is -0.143. The number of halogens is 1. The molecular weight excluding hydrogens is 268 g/mol. The molecular formula is C14H19ClO2S. The molecule has 4 heteroatoms. The van der Waals surface area contributed by atoms with E-state index >= 15 is 0 Å². The van der Waals surface area contributed by atoms with Crippen molar-refractivity contribution in [2.45, 2.75) is 37.5 Å². The van der Waals surface area contributed by atoms with E-state index in [2.05, 4.69) is 6.07 Å². The fourth-order valence-corrected chi connectivity index (χ4v) is 2.75. The van der Waals surface area contributed by atoms with Crippen LogP contribution in [0.1, 0.15) is 32.6 Å². The van der Waals surface area contributed by atoms with Crippen molar-refractivity contribution in [2.24, 2.45) is 0 Å². The SMILES string of the molecule is CCOC(=O)CCCCCSc1cccc(Cl)c1. The third kappa shape index (κ3) is 6.92. The Bertz CT molecular complexity index is 369. The Hall–Kier alpha value is -0.670. The Labute approximate surface area is 118 Å². The molecule has 1 aromatic carbocycles. The van der Waals surface area contributed by atoms with E-state index in [1.54, 1.807) is 11.8 Å². The molecule has 0 saturated heterocycles. The van der Waals surface area contributed by atoms with Gasteiger partial charge in [-0.25, -0.2) is 0 Å². The first-order chi connectivity index (χ1) is 8.72. The van der Waals surface area contributed by atoms with Crippen LogP contribution in [0.15, 0.2) is 29.2 Å². The highest BCUT2D eigenvalue weighted by atomic mass is 35.5. The molecule has 0 N–H and O–H groups in total. The monoisotopic (exact) mass is 286 g/mol. The summed E-state index contributed by atoms with van der Waals surface area (Å²) >= 11 is 7.71. The van der Waals surface area contributed by atoms with Crippen molar-refractivity contribution in [1.29, 1.82) is 0 Å². The Kier molecular flexibility index (Phi) is 7.94. The van der Waals surface area contributed by atoms with Crippen LogP contribution in [-0.2, 0) is 9.53 Å². The molecule has 0 aromatic heterocycles. The molecule has 100 valence electrons. The number of hydrogen-bond donors (Lipinski definition) is 0. The van der Waals surface area contributed by atoms with E-state index in [0.717, 1.165) is 30.0 Å². The van der Waals surface area contributed by atoms with Crippen molar-refractivity contribution in [2.75, 3.05) is 12.4 Å². The maximum Gasteiger partial charge on any atom is 0.305 e. The normalized spacial score (nSPS) is 10.3. The maximum absolute atomic E-state index is 11.1. The average molecular weight is 287 g/mol. The molecule has 0 saturated carbocycles. The largest absolute Gasteiger partial charge is 0.466 e. The van der Waals surface area contributed by atoms with Gasteiger partial charge in [0.2, 0.25) is 0 Å². The number of carbonyl (C=O) groups excluding carboxylic acids is 1. The second-order valence-electron chi connectivity index (χ2n) is 3.92. The van der Waals surface area contributed by atoms with Crippen molar-refractivity contribution in [3.63, 3.8) is 0 Å². The topological polar surface area (TPSA) is 26.3 Å². The van der Waals surface area contributed by atoms with Crippen molar-refractivity contribution < 1.29 is 9.53 Å². The van der Waals surface area contributed by atoms with Gasteiger partial charge in [0.15, 0.2) is 0 Å². The van der Waals surface area contributed by atoms with E-state index in [1.165, 1.54) is 4.90 Å². The number of carbonyl (C=O) groups is 1. The highest BCUT2D eigenvalue weighted by Crippen LogP contribution is 2.22. The predicted molar refractivity (Wildman–Crippen MR) is 77.3 cm³/mol. The molecule has 0 amide bonds. The van der Waals surface area contributed by atoms with Gasteiger partial charge in [0.1, 0.15) is 0 Å². The van der Waals surface area contributed by atoms with Crippen LogP contribution in [0, 0.1) is 0 Å². The molecule has 0 unspecified atom stereocenters. The standard InChI is InChI=1S/C14H19ClO2S/c1-2-17-14(16)9-4-3-5-10-18-13-8-6-7-12(15)11-13/h6-8,11H,2-5,9-10H2,1H3. The fraction of sp³-hybridized carbons (Fsp3) is 0.500. The molecule has 0 aliphatic rings. The summed E-state index contributed by atoms with van der Waals surface area (Å²) in [4.78, 5) is 12.3. The first-order valence-corrected chi connectivity index (χ1v) is 7.62. The van der Waals surface area contributed by atoms with Crippen LogP contribution < -0.4 is 0 Å². The van der Waals surface area contributed by atoms with Crippen LogP contribution in [-0.4, -0.2) is 18.3 Å². The summed E-state index contributed by atoms with van der Waals surface area (Å²) in [6.07, 6.45) is 3.62. The van der Waals surface area contributed by atoms with Gasteiger partial charge >= 0.3 is 5.97 Å². The first kappa shape index (κ1) is 15.4. The Morgan fingerprint density at radius 1 is 1.33 bits per heavy atom. The zero-order valence-electron chi connectivity index (χ0n) is 10.7. The van der Waals surface area contributed by atoms with E-state index < -0.39 is 0 Å². The molecule has 0 atom stereocenters. The van der Waals surface area contributed by atoms with Gasteiger partial charge in [0.05, 0.1) is 6.61 Å². The molecule has 0 aliphatic heterocycles. The van der Waals surface area contributed by atoms with Gasteiger partial charge in [0.25, 0.3) is 0 Å². The van der Waals surface area contributed by atoms with E-state index in [9.17, 15) is 4.79 Å². The molecule has 0 aliphatic carbocycles. The summed E-state index contributed by atoms with van der Waals surface area (Å²) in [5.41, 5.74) is 0. The van der Waals surface area contributed by atoms with Crippen LogP contribution in [0.2, 0.25) is 5.02 Å². The van der Waals surface area contributed by atoms with Gasteiger partial charge in [-0.15, -0.1) is 11.8 Å². The summed E-state index contributed by atoms with van der Waals surface area (Å²) in [5, 5.41) is 0.780. The zero-order valence-corrected chi connectivity index (χ0v) is 12.2. The third-order valence-electron chi connectivity index (χ3n) is 2.40. The van der Waals surface area contributed by atoms with Gasteiger partial charge in [-0.3, -0.25) is 4.79 Å². The smallest absolute Gasteiger partial charge is 0.305 e. The second kappa shape index (κ2) is 9.29. The molecule has 0 spiro atoms. The van der Waals surface area contributed by atoms with Crippen LogP contribution in [0.5, 0.6) is 0 Å². The van der Waals surface area contributed by atoms with E-state index in [1.807, 2.05) is 25.1 Å². The number of rotatable bonds is 8. The molecule has 1 aromatic rings. The molecule has 0 radical (unpaired) electrons. The minimum absolute atomic E-state index is 0.0833. The second-order valence-corrected chi connectivity index (χ2v) is 5.53. The van der Waals surface area contributed by atoms with Gasteiger partial charge in [-0.05, 0) is 43.7 Å². The maximum atomic E-state index is 11.1. The van der Waals surface area contributed by atoms with Crippen molar-refractivity contribution in [3.8, 4) is 0 Å². The number of unbranched alkanes of at least 4 members (excludes halogenated alkanes) is 2. The number of thioether (sulfide) groups is 1. The molecule has 2 nitrogen and oxygen atoms in total. The van der Waals surface area contributed by atoms with Gasteiger partial charge in [0, 0.05) is 16.3 Å². The molecule has 18 heavy (non-hydrogen) atoms. The molecule has 0 bridgehead atoms. The Balaban J connectivity index is 2.04. The van der Waals surface area contributed by atoms with E-state index in [0.29, 0.717) is 13.0 Å². The highest BCUT2D eigenvalue weighted by molar-refractivity contribution is 7.99. The van der Waals surface area contributed by atoms with Gasteiger partial charge in [-0.1, -0.05) is 24.1 Å². The third-order valence-corrected chi connectivity index (χ3v) is 3.71. The van der Waals surface area contributed by atoms with Crippen molar-refractivity contribution in [3.05, 3.63) is 29.3 Å². The number of hydrogen-bond acceptors (Lipinski definition) is 3. The van der Waals surface area contributed by atoms with Crippen molar-refractivity contribution >= 4 is 29.3 Å². The number of ether oxygens (including phenoxy) is 1. The summed E-state index contributed by atoms with van der Waals surface area (Å²) in [7, 11) is 0. The van der Waals surface area contributed by atoms with E-state index in [4.69, 9.17) is 16.3 Å². The number of esters is 1. The molecule has 1 rings (SSSR count). The Morgan fingerprint density at radius 3 is 2.89 bits per heavy atom. The highest BCUT2D eigenvalue weighted by Gasteiger charge is 2.01. The summed E-state index contributed by atoms with van der Waals surface area (Å²) in [6.45, 7) is 2.31. The van der Waals surface area contributed by atoms with Crippen LogP contribution in [0.3, 0.4) is 0 Å². The summed E-state index contributed by atoms with van der Waals surface area (Å²) < 4.78 is 4.87. The van der Waals surface area contributed by atoms with Gasteiger partial charge < -0.3 is 4.74 Å². The summed E-state index contributed by atoms with van der Waals surface area (Å²) in [6, 6.07) is 7.89. The fourth-order valence-electron chi connectivity index (χ4n) is 1.53. The molecule has 0 fully saturated rings. The number of benzene rings is 1. The summed E-state index contributed by atoms with van der Waals surface area (Å²) in [5.74, 6) is 0.975. The molecule has 0 heterocycles. The minimum atomic E-state index is -0.0833. The lowest BCUT2D eigenvalue weighted by atomic mass is 10.2. The average Bonchev–Trinajstić information content (AvgIpc) is 2.34.